The molecule has 23 heavy (non-hydrogen) atoms. The third kappa shape index (κ3) is 3.24. The maximum Gasteiger partial charge on any atom is 0.329 e. The van der Waals surface area contributed by atoms with Crippen molar-refractivity contribution in [2.75, 3.05) is 4.72 Å². The summed E-state index contributed by atoms with van der Waals surface area (Å²) in [5.74, 6) is 0.379. The van der Waals surface area contributed by atoms with E-state index in [9.17, 15) is 8.42 Å². The molecule has 120 valence electrons. The van der Waals surface area contributed by atoms with Gasteiger partial charge in [-0.3, -0.25) is 0 Å². The van der Waals surface area contributed by atoms with Gasteiger partial charge in [-0.15, -0.1) is 5.10 Å². The lowest BCUT2D eigenvalue weighted by Crippen LogP contribution is -2.12. The Kier molecular flexibility index (Phi) is 3.87. The monoisotopic (exact) mass is 333 g/mol. The summed E-state index contributed by atoms with van der Waals surface area (Å²) in [6.45, 7) is 3.74. The van der Waals surface area contributed by atoms with E-state index < -0.39 is 10.0 Å². The first-order valence-electron chi connectivity index (χ1n) is 6.92. The Balaban J connectivity index is 1.84. The maximum atomic E-state index is 12.3. The largest absolute Gasteiger partial charge is 0.407 e. The number of anilines is 1. The second kappa shape index (κ2) is 5.84. The summed E-state index contributed by atoms with van der Waals surface area (Å²) < 4.78 is 33.6. The van der Waals surface area contributed by atoms with E-state index in [1.165, 1.54) is 17.1 Å². The first-order valence-corrected chi connectivity index (χ1v) is 8.40. The van der Waals surface area contributed by atoms with E-state index in [0.29, 0.717) is 5.89 Å². The molecule has 0 amide bonds. The zero-order valence-electron chi connectivity index (χ0n) is 12.5. The minimum absolute atomic E-state index is 0.00523. The quantitative estimate of drug-likeness (QED) is 0.767. The predicted octanol–water partition coefficient (Wildman–Crippen LogP) is 2.18. The Labute approximate surface area is 133 Å². The minimum Gasteiger partial charge on any atom is -0.407 e. The molecule has 9 heteroatoms. The fraction of sp³-hybridized carbons (Fsp3) is 0.214. The van der Waals surface area contributed by atoms with Crippen molar-refractivity contribution >= 4 is 16.0 Å². The number of nitrogens with one attached hydrogen (secondary N) is 1. The number of hydrogen-bond acceptors (Lipinski definition) is 6. The summed E-state index contributed by atoms with van der Waals surface area (Å²) in [6, 6.07) is 9.04. The fourth-order valence-electron chi connectivity index (χ4n) is 1.85. The summed E-state index contributed by atoms with van der Waals surface area (Å²) in [6.07, 6.45) is 2.67. The molecule has 0 atom stereocenters. The average Bonchev–Trinajstić information content (AvgIpc) is 3.17. The van der Waals surface area contributed by atoms with Gasteiger partial charge < -0.3 is 4.42 Å². The van der Waals surface area contributed by atoms with Gasteiger partial charge in [-0.2, -0.15) is 5.10 Å². The Morgan fingerprint density at radius 2 is 1.91 bits per heavy atom. The minimum atomic E-state index is -3.84. The van der Waals surface area contributed by atoms with Crippen molar-refractivity contribution in [3.63, 3.8) is 0 Å². The van der Waals surface area contributed by atoms with Gasteiger partial charge in [-0.1, -0.05) is 37.1 Å². The van der Waals surface area contributed by atoms with Gasteiger partial charge >= 0.3 is 6.01 Å². The van der Waals surface area contributed by atoms with Crippen LogP contribution in [0.25, 0.3) is 5.69 Å². The van der Waals surface area contributed by atoms with Crippen LogP contribution in [0.4, 0.5) is 6.01 Å². The fourth-order valence-corrected chi connectivity index (χ4v) is 2.70. The topological polar surface area (TPSA) is 103 Å². The molecule has 1 N–H and O–H groups in total. The maximum absolute atomic E-state index is 12.3. The molecule has 2 heterocycles. The lowest BCUT2D eigenvalue weighted by Gasteiger charge is -2.01. The molecule has 3 rings (SSSR count). The van der Waals surface area contributed by atoms with Crippen molar-refractivity contribution in [1.29, 1.82) is 0 Å². The predicted molar refractivity (Wildman–Crippen MR) is 82.8 cm³/mol. The molecule has 0 fully saturated rings. The molecule has 0 unspecified atom stereocenters. The molecule has 0 spiro atoms. The molecule has 0 aliphatic heterocycles. The second-order valence-corrected chi connectivity index (χ2v) is 6.84. The molecule has 3 aromatic rings. The number of benzene rings is 1. The van der Waals surface area contributed by atoms with Gasteiger partial charge in [-0.05, 0) is 12.1 Å². The lowest BCUT2D eigenvalue weighted by atomic mass is 10.2. The van der Waals surface area contributed by atoms with Crippen molar-refractivity contribution in [3.8, 4) is 5.69 Å². The Morgan fingerprint density at radius 3 is 2.57 bits per heavy atom. The van der Waals surface area contributed by atoms with Gasteiger partial charge in [-0.25, -0.2) is 17.8 Å². The first kappa shape index (κ1) is 15.2. The molecule has 2 aromatic heterocycles. The molecule has 0 bridgehead atoms. The van der Waals surface area contributed by atoms with Crippen LogP contribution < -0.4 is 4.72 Å². The number of aromatic nitrogens is 4. The third-order valence-electron chi connectivity index (χ3n) is 3.05. The van der Waals surface area contributed by atoms with E-state index in [4.69, 9.17) is 4.42 Å². The van der Waals surface area contributed by atoms with Crippen molar-refractivity contribution in [1.82, 2.24) is 20.0 Å². The van der Waals surface area contributed by atoms with E-state index in [1.54, 1.807) is 0 Å². The number of hydrogen-bond donors (Lipinski definition) is 1. The number of rotatable bonds is 5. The van der Waals surface area contributed by atoms with Crippen LogP contribution in [0.2, 0.25) is 0 Å². The molecular weight excluding hydrogens is 318 g/mol. The molecular formula is C14H15N5O3S. The van der Waals surface area contributed by atoms with E-state index in [1.807, 2.05) is 44.2 Å². The molecule has 0 radical (unpaired) electrons. The summed E-state index contributed by atoms with van der Waals surface area (Å²) in [4.78, 5) is 0.00523. The highest BCUT2D eigenvalue weighted by molar-refractivity contribution is 7.92. The highest BCUT2D eigenvalue weighted by Gasteiger charge is 2.20. The number of sulfonamides is 1. The Morgan fingerprint density at radius 1 is 1.17 bits per heavy atom. The van der Waals surface area contributed by atoms with Crippen LogP contribution in [0.3, 0.4) is 0 Å². The van der Waals surface area contributed by atoms with Gasteiger partial charge in [0.25, 0.3) is 10.0 Å². The van der Waals surface area contributed by atoms with Crippen LogP contribution in [-0.2, 0) is 10.0 Å². The normalized spacial score (nSPS) is 11.8. The molecule has 0 saturated carbocycles. The van der Waals surface area contributed by atoms with Crippen molar-refractivity contribution in [2.24, 2.45) is 0 Å². The van der Waals surface area contributed by atoms with Crippen LogP contribution in [0.1, 0.15) is 25.7 Å². The van der Waals surface area contributed by atoms with Gasteiger partial charge in [0.1, 0.15) is 4.90 Å². The smallest absolute Gasteiger partial charge is 0.329 e. The van der Waals surface area contributed by atoms with Gasteiger partial charge in [0.2, 0.25) is 5.89 Å². The first-order chi connectivity index (χ1) is 11.0. The van der Waals surface area contributed by atoms with Gasteiger partial charge in [0.05, 0.1) is 18.1 Å². The van der Waals surface area contributed by atoms with Gasteiger partial charge in [0.15, 0.2) is 0 Å². The highest BCUT2D eigenvalue weighted by atomic mass is 32.2. The summed E-state index contributed by atoms with van der Waals surface area (Å²) in [5.41, 5.74) is 0.758. The summed E-state index contributed by atoms with van der Waals surface area (Å²) >= 11 is 0. The molecule has 0 aliphatic rings. The Bertz CT molecular complexity index is 899. The van der Waals surface area contributed by atoms with Crippen molar-refractivity contribution in [2.45, 2.75) is 24.7 Å². The van der Waals surface area contributed by atoms with E-state index in [2.05, 4.69) is 20.0 Å². The molecule has 0 saturated heterocycles. The van der Waals surface area contributed by atoms with E-state index in [-0.39, 0.29) is 16.8 Å². The van der Waals surface area contributed by atoms with Crippen molar-refractivity contribution < 1.29 is 12.8 Å². The lowest BCUT2D eigenvalue weighted by molar-refractivity contribution is 0.483. The number of para-hydroxylation sites is 1. The standard InChI is InChI=1S/C14H15N5O3S/c1-10(2)13-16-17-14(22-13)18-23(20,21)12-8-15-19(9-12)11-6-4-3-5-7-11/h3-10H,1-2H3,(H,17,18). The zero-order chi connectivity index (χ0) is 16.4. The van der Waals surface area contributed by atoms with E-state index >= 15 is 0 Å². The van der Waals surface area contributed by atoms with Crippen LogP contribution in [0.5, 0.6) is 0 Å². The molecule has 1 aromatic carbocycles. The summed E-state index contributed by atoms with van der Waals surface area (Å²) in [5, 5.41) is 11.5. The zero-order valence-corrected chi connectivity index (χ0v) is 13.4. The highest BCUT2D eigenvalue weighted by Crippen LogP contribution is 2.19. The molecule has 8 nitrogen and oxygen atoms in total. The van der Waals surface area contributed by atoms with E-state index in [0.717, 1.165) is 5.69 Å². The molecule has 0 aliphatic carbocycles. The second-order valence-electron chi connectivity index (χ2n) is 5.16. The average molecular weight is 333 g/mol. The SMILES string of the molecule is CC(C)c1nnc(NS(=O)(=O)c2cnn(-c3ccccc3)c2)o1. The van der Waals surface area contributed by atoms with Crippen LogP contribution in [0.15, 0.2) is 52.0 Å². The summed E-state index contributed by atoms with van der Waals surface area (Å²) in [7, 11) is -3.84. The number of nitrogens with zero attached hydrogens (tertiary/aromatic N) is 4. The van der Waals surface area contributed by atoms with Crippen molar-refractivity contribution in [3.05, 3.63) is 48.6 Å². The van der Waals surface area contributed by atoms with Crippen LogP contribution in [-0.4, -0.2) is 28.4 Å². The van der Waals surface area contributed by atoms with Crippen LogP contribution >= 0.6 is 0 Å². The van der Waals surface area contributed by atoms with Gasteiger partial charge in [0, 0.05) is 5.92 Å². The third-order valence-corrected chi connectivity index (χ3v) is 4.32. The Hall–Kier alpha value is -2.68. The van der Waals surface area contributed by atoms with Crippen LogP contribution in [0, 0.1) is 0 Å².